The molecule has 2 aromatic rings. The first-order valence-electron chi connectivity index (χ1n) is 8.94. The van der Waals surface area contributed by atoms with E-state index in [-0.39, 0.29) is 0 Å². The zero-order valence-corrected chi connectivity index (χ0v) is 15.5. The summed E-state index contributed by atoms with van der Waals surface area (Å²) in [5.74, 6) is -0.0439. The molecule has 1 aromatic heterocycles. The fourth-order valence-corrected chi connectivity index (χ4v) is 4.21. The van der Waals surface area contributed by atoms with E-state index in [1.807, 2.05) is 23.5 Å². The van der Waals surface area contributed by atoms with Crippen LogP contribution < -0.4 is 5.32 Å². The van der Waals surface area contributed by atoms with Crippen LogP contribution in [0.4, 0.5) is 0 Å². The number of hydrogen-bond donors (Lipinski definition) is 2. The predicted molar refractivity (Wildman–Crippen MR) is 102 cm³/mol. The second kappa shape index (κ2) is 8.61. The average molecular weight is 359 g/mol. The van der Waals surface area contributed by atoms with E-state index >= 15 is 0 Å². The standard InChI is InChI=1S/C20H26N2O2S/c1-15-8-10-22(11-9-15)18(19-3-2-12-25-19)14-21-13-16-4-6-17(7-5-16)20(23)24/h2-7,12,15,18,21H,8-11,13-14H2,1H3,(H,23,24). The molecular weight excluding hydrogens is 332 g/mol. The van der Waals surface area contributed by atoms with E-state index in [1.165, 1.54) is 30.8 Å². The molecule has 25 heavy (non-hydrogen) atoms. The first-order valence-corrected chi connectivity index (χ1v) is 9.82. The molecule has 0 amide bonds. The molecule has 4 nitrogen and oxygen atoms in total. The quantitative estimate of drug-likeness (QED) is 0.785. The highest BCUT2D eigenvalue weighted by atomic mass is 32.1. The van der Waals surface area contributed by atoms with Crippen LogP contribution in [0.25, 0.3) is 0 Å². The smallest absolute Gasteiger partial charge is 0.335 e. The molecule has 1 aliphatic heterocycles. The number of nitrogens with one attached hydrogen (secondary N) is 1. The second-order valence-corrected chi connectivity index (χ2v) is 7.86. The maximum atomic E-state index is 10.9. The molecule has 1 aliphatic rings. The molecule has 0 saturated carbocycles. The summed E-state index contributed by atoms with van der Waals surface area (Å²) in [6.45, 7) is 6.34. The van der Waals surface area contributed by atoms with Crippen LogP contribution >= 0.6 is 11.3 Å². The molecule has 1 aromatic carbocycles. The normalized spacial score (nSPS) is 17.5. The van der Waals surface area contributed by atoms with Gasteiger partial charge >= 0.3 is 5.97 Å². The van der Waals surface area contributed by atoms with E-state index in [2.05, 4.69) is 34.7 Å². The van der Waals surface area contributed by atoms with Crippen molar-refractivity contribution in [2.75, 3.05) is 19.6 Å². The SMILES string of the molecule is CC1CCN(C(CNCc2ccc(C(=O)O)cc2)c2cccs2)CC1. The van der Waals surface area contributed by atoms with Gasteiger partial charge in [0.15, 0.2) is 0 Å². The van der Waals surface area contributed by atoms with Crippen LogP contribution in [0, 0.1) is 5.92 Å². The first kappa shape index (κ1) is 18.1. The first-order chi connectivity index (χ1) is 12.1. The van der Waals surface area contributed by atoms with Gasteiger partial charge in [-0.2, -0.15) is 0 Å². The number of rotatable bonds is 7. The Bertz CT molecular complexity index is 662. The van der Waals surface area contributed by atoms with Crippen molar-refractivity contribution < 1.29 is 9.90 Å². The van der Waals surface area contributed by atoms with Crippen LogP contribution in [0.1, 0.15) is 46.6 Å². The van der Waals surface area contributed by atoms with Gasteiger partial charge in [0.2, 0.25) is 0 Å². The van der Waals surface area contributed by atoms with E-state index in [1.54, 1.807) is 12.1 Å². The number of nitrogens with zero attached hydrogens (tertiary/aromatic N) is 1. The van der Waals surface area contributed by atoms with Crippen molar-refractivity contribution in [1.29, 1.82) is 0 Å². The summed E-state index contributed by atoms with van der Waals surface area (Å²) in [6.07, 6.45) is 2.55. The van der Waals surface area contributed by atoms with Crippen molar-refractivity contribution in [1.82, 2.24) is 10.2 Å². The number of hydrogen-bond acceptors (Lipinski definition) is 4. The second-order valence-electron chi connectivity index (χ2n) is 6.88. The van der Waals surface area contributed by atoms with Gasteiger partial charge in [0, 0.05) is 18.0 Å². The molecule has 2 heterocycles. The molecule has 1 fully saturated rings. The summed E-state index contributed by atoms with van der Waals surface area (Å²) in [6, 6.07) is 11.9. The number of thiophene rings is 1. The minimum absolute atomic E-state index is 0.336. The minimum atomic E-state index is -0.878. The van der Waals surface area contributed by atoms with Crippen molar-refractivity contribution >= 4 is 17.3 Å². The summed E-state index contributed by atoms with van der Waals surface area (Å²) >= 11 is 1.83. The van der Waals surface area contributed by atoms with Crippen molar-refractivity contribution in [3.8, 4) is 0 Å². The number of carbonyl (C=O) groups is 1. The lowest BCUT2D eigenvalue weighted by Crippen LogP contribution is -2.40. The molecule has 1 atom stereocenters. The molecular formula is C20H26N2O2S. The summed E-state index contributed by atoms with van der Waals surface area (Å²) in [5, 5.41) is 14.7. The lowest BCUT2D eigenvalue weighted by molar-refractivity contribution is 0.0697. The summed E-state index contributed by atoms with van der Waals surface area (Å²) < 4.78 is 0. The van der Waals surface area contributed by atoms with E-state index in [4.69, 9.17) is 5.11 Å². The van der Waals surface area contributed by atoms with Crippen molar-refractivity contribution in [2.45, 2.75) is 32.4 Å². The highest BCUT2D eigenvalue weighted by Crippen LogP contribution is 2.29. The van der Waals surface area contributed by atoms with Gasteiger partial charge in [0.05, 0.1) is 11.6 Å². The topological polar surface area (TPSA) is 52.6 Å². The van der Waals surface area contributed by atoms with Gasteiger partial charge in [-0.1, -0.05) is 25.1 Å². The fraction of sp³-hybridized carbons (Fsp3) is 0.450. The molecule has 5 heteroatoms. The maximum Gasteiger partial charge on any atom is 0.335 e. The molecule has 1 saturated heterocycles. The number of benzene rings is 1. The molecule has 2 N–H and O–H groups in total. The lowest BCUT2D eigenvalue weighted by Gasteiger charge is -2.36. The van der Waals surface area contributed by atoms with Gasteiger partial charge in [-0.15, -0.1) is 11.3 Å². The third kappa shape index (κ3) is 4.91. The van der Waals surface area contributed by atoms with Crippen LogP contribution in [0.3, 0.4) is 0 Å². The third-order valence-corrected chi connectivity index (χ3v) is 5.97. The van der Waals surface area contributed by atoms with Gasteiger partial charge in [0.25, 0.3) is 0 Å². The molecule has 0 bridgehead atoms. The largest absolute Gasteiger partial charge is 0.478 e. The van der Waals surface area contributed by atoms with Crippen LogP contribution in [-0.4, -0.2) is 35.6 Å². The van der Waals surface area contributed by atoms with E-state index in [0.29, 0.717) is 11.6 Å². The number of carboxylic acids is 1. The summed E-state index contributed by atoms with van der Waals surface area (Å²) in [5.41, 5.74) is 1.45. The van der Waals surface area contributed by atoms with Gasteiger partial charge < -0.3 is 10.4 Å². The van der Waals surface area contributed by atoms with E-state index in [9.17, 15) is 4.79 Å². The van der Waals surface area contributed by atoms with Crippen molar-refractivity contribution in [2.24, 2.45) is 5.92 Å². The zero-order chi connectivity index (χ0) is 17.6. The Balaban J connectivity index is 1.58. The highest BCUT2D eigenvalue weighted by Gasteiger charge is 2.24. The zero-order valence-electron chi connectivity index (χ0n) is 14.6. The van der Waals surface area contributed by atoms with Gasteiger partial charge in [-0.05, 0) is 61.0 Å². The highest BCUT2D eigenvalue weighted by molar-refractivity contribution is 7.10. The number of piperidine rings is 1. The Morgan fingerprint density at radius 1 is 1.28 bits per heavy atom. The number of carboxylic acid groups (broad SMARTS) is 1. The molecule has 0 spiro atoms. The monoisotopic (exact) mass is 358 g/mol. The Hall–Kier alpha value is -1.69. The Morgan fingerprint density at radius 3 is 2.60 bits per heavy atom. The Morgan fingerprint density at radius 2 is 2.00 bits per heavy atom. The lowest BCUT2D eigenvalue weighted by atomic mass is 9.97. The Kier molecular flexibility index (Phi) is 6.24. The predicted octanol–water partition coefficient (Wildman–Crippen LogP) is 4.01. The summed E-state index contributed by atoms with van der Waals surface area (Å²) in [7, 11) is 0. The average Bonchev–Trinajstić information content (AvgIpc) is 3.14. The van der Waals surface area contributed by atoms with Crippen LogP contribution in [0.5, 0.6) is 0 Å². The van der Waals surface area contributed by atoms with E-state index < -0.39 is 5.97 Å². The third-order valence-electron chi connectivity index (χ3n) is 5.00. The van der Waals surface area contributed by atoms with Gasteiger partial charge in [0.1, 0.15) is 0 Å². The van der Waals surface area contributed by atoms with Crippen molar-refractivity contribution in [3.05, 3.63) is 57.8 Å². The molecule has 0 radical (unpaired) electrons. The van der Waals surface area contributed by atoms with Gasteiger partial charge in [-0.25, -0.2) is 4.79 Å². The molecule has 3 rings (SSSR count). The van der Waals surface area contributed by atoms with E-state index in [0.717, 1.165) is 24.6 Å². The number of likely N-dealkylation sites (tertiary alicyclic amines) is 1. The van der Waals surface area contributed by atoms with Crippen molar-refractivity contribution in [3.63, 3.8) is 0 Å². The van der Waals surface area contributed by atoms with Gasteiger partial charge in [-0.3, -0.25) is 4.90 Å². The maximum absolute atomic E-state index is 10.9. The fourth-order valence-electron chi connectivity index (χ4n) is 3.35. The minimum Gasteiger partial charge on any atom is -0.478 e. The summed E-state index contributed by atoms with van der Waals surface area (Å²) in [4.78, 5) is 14.9. The molecule has 134 valence electrons. The van der Waals surface area contributed by atoms with Crippen LogP contribution in [0.15, 0.2) is 41.8 Å². The molecule has 0 aliphatic carbocycles. The van der Waals surface area contributed by atoms with Crippen LogP contribution in [-0.2, 0) is 6.54 Å². The van der Waals surface area contributed by atoms with Crippen LogP contribution in [0.2, 0.25) is 0 Å². The molecule has 1 unspecified atom stereocenters. The number of aromatic carboxylic acids is 1. The Labute approximate surface area is 153 Å².